The fraction of sp³-hybridized carbons (Fsp3) is 0.0625. The van der Waals surface area contributed by atoms with E-state index in [9.17, 15) is 4.39 Å². The number of rotatable bonds is 3. The fourth-order valence-corrected chi connectivity index (χ4v) is 2.57. The van der Waals surface area contributed by atoms with Crippen LogP contribution in [0.1, 0.15) is 17.2 Å². The molecule has 1 heterocycles. The van der Waals surface area contributed by atoms with Gasteiger partial charge in [0.25, 0.3) is 0 Å². The molecule has 3 nitrogen and oxygen atoms in total. The molecule has 0 saturated heterocycles. The van der Waals surface area contributed by atoms with Crippen LogP contribution in [0.5, 0.6) is 0 Å². The lowest BCUT2D eigenvalue weighted by Crippen LogP contribution is -2.29. The molecule has 2 aromatic carbocycles. The number of aromatic nitrogens is 1. The van der Waals surface area contributed by atoms with E-state index in [2.05, 4.69) is 10.4 Å². The third-order valence-corrected chi connectivity index (χ3v) is 3.78. The van der Waals surface area contributed by atoms with Crippen molar-refractivity contribution in [1.29, 1.82) is 0 Å². The number of hydrogen-bond donors (Lipinski definition) is 2. The number of halogens is 2. The molecule has 1 aromatic heterocycles. The van der Waals surface area contributed by atoms with Crippen molar-refractivity contribution < 1.29 is 4.39 Å². The quantitative estimate of drug-likeness (QED) is 0.574. The Morgan fingerprint density at radius 2 is 2.05 bits per heavy atom. The fourth-order valence-electron chi connectivity index (χ4n) is 2.46. The molecule has 5 heteroatoms. The third kappa shape index (κ3) is 2.61. The zero-order valence-electron chi connectivity index (χ0n) is 11.1. The van der Waals surface area contributed by atoms with Gasteiger partial charge in [0, 0.05) is 17.8 Å². The Morgan fingerprint density at radius 1 is 1.19 bits per heavy atom. The van der Waals surface area contributed by atoms with Crippen molar-refractivity contribution in [3.8, 4) is 0 Å². The third-order valence-electron chi connectivity index (χ3n) is 3.47. The Kier molecular flexibility index (Phi) is 3.84. The van der Waals surface area contributed by atoms with Gasteiger partial charge < -0.3 is 0 Å². The van der Waals surface area contributed by atoms with Gasteiger partial charge in [0.2, 0.25) is 0 Å². The zero-order chi connectivity index (χ0) is 14.8. The molecule has 3 aromatic rings. The van der Waals surface area contributed by atoms with Crippen LogP contribution in [-0.4, -0.2) is 4.98 Å². The van der Waals surface area contributed by atoms with E-state index in [4.69, 9.17) is 17.4 Å². The Balaban J connectivity index is 2.16. The number of benzene rings is 2. The minimum atomic E-state index is -0.462. The van der Waals surface area contributed by atoms with Gasteiger partial charge in [-0.15, -0.1) is 0 Å². The lowest BCUT2D eigenvalue weighted by molar-refractivity contribution is 0.607. The highest BCUT2D eigenvalue weighted by molar-refractivity contribution is 6.30. The van der Waals surface area contributed by atoms with Crippen LogP contribution in [0.15, 0.2) is 54.9 Å². The highest BCUT2D eigenvalue weighted by Crippen LogP contribution is 2.29. The van der Waals surface area contributed by atoms with Crippen molar-refractivity contribution in [1.82, 2.24) is 10.4 Å². The van der Waals surface area contributed by atoms with E-state index in [0.29, 0.717) is 5.56 Å². The average Bonchev–Trinajstić information content (AvgIpc) is 2.52. The van der Waals surface area contributed by atoms with Crippen LogP contribution in [0.25, 0.3) is 10.8 Å². The van der Waals surface area contributed by atoms with Crippen LogP contribution in [0, 0.1) is 5.82 Å². The van der Waals surface area contributed by atoms with Crippen LogP contribution >= 0.6 is 11.6 Å². The first-order valence-electron chi connectivity index (χ1n) is 6.44. The molecular formula is C16H13ClFN3. The largest absolute Gasteiger partial charge is 0.271 e. The maximum absolute atomic E-state index is 13.7. The van der Waals surface area contributed by atoms with Gasteiger partial charge in [0.05, 0.1) is 11.1 Å². The van der Waals surface area contributed by atoms with Crippen LogP contribution in [0.4, 0.5) is 4.39 Å². The molecule has 1 unspecified atom stereocenters. The lowest BCUT2D eigenvalue weighted by Gasteiger charge is -2.19. The molecule has 3 N–H and O–H groups in total. The zero-order valence-corrected chi connectivity index (χ0v) is 11.8. The van der Waals surface area contributed by atoms with Gasteiger partial charge in [0.15, 0.2) is 0 Å². The maximum Gasteiger partial charge on any atom is 0.142 e. The van der Waals surface area contributed by atoms with E-state index in [-0.39, 0.29) is 11.1 Å². The first-order chi connectivity index (χ1) is 10.2. The molecule has 0 aliphatic heterocycles. The van der Waals surface area contributed by atoms with Crippen molar-refractivity contribution in [2.24, 2.45) is 5.84 Å². The molecule has 0 bridgehead atoms. The van der Waals surface area contributed by atoms with Gasteiger partial charge in [-0.3, -0.25) is 10.8 Å². The average molecular weight is 302 g/mol. The summed E-state index contributed by atoms with van der Waals surface area (Å²) in [4.78, 5) is 4.11. The number of fused-ring (bicyclic) bond motifs is 1. The van der Waals surface area contributed by atoms with Crippen LogP contribution in [0.3, 0.4) is 0 Å². The summed E-state index contributed by atoms with van der Waals surface area (Å²) in [6, 6.07) is 12.1. The summed E-state index contributed by atoms with van der Waals surface area (Å²) in [6.45, 7) is 0. The lowest BCUT2D eigenvalue weighted by atomic mass is 9.95. The van der Waals surface area contributed by atoms with E-state index in [1.54, 1.807) is 18.5 Å². The van der Waals surface area contributed by atoms with Crippen molar-refractivity contribution in [3.05, 3.63) is 76.8 Å². The predicted octanol–water partition coefficient (Wildman–Crippen LogP) is 3.58. The van der Waals surface area contributed by atoms with Gasteiger partial charge in [-0.05, 0) is 34.7 Å². The van der Waals surface area contributed by atoms with E-state index in [0.717, 1.165) is 16.3 Å². The molecule has 21 heavy (non-hydrogen) atoms. The van der Waals surface area contributed by atoms with Gasteiger partial charge in [-0.25, -0.2) is 9.82 Å². The SMILES string of the molecule is NNC(c1ccc(Cl)c(F)c1)c1cccc2cnccc12. The molecule has 0 aliphatic rings. The summed E-state index contributed by atoms with van der Waals surface area (Å²) in [6.07, 6.45) is 3.51. The Hall–Kier alpha value is -2.01. The molecule has 0 spiro atoms. The summed E-state index contributed by atoms with van der Waals surface area (Å²) >= 11 is 5.73. The number of pyridine rings is 1. The minimum absolute atomic E-state index is 0.0941. The topological polar surface area (TPSA) is 50.9 Å². The molecule has 0 radical (unpaired) electrons. The predicted molar refractivity (Wildman–Crippen MR) is 82.3 cm³/mol. The monoisotopic (exact) mass is 301 g/mol. The first-order valence-corrected chi connectivity index (χ1v) is 6.82. The van der Waals surface area contributed by atoms with Gasteiger partial charge in [-0.1, -0.05) is 35.9 Å². The second-order valence-corrected chi connectivity index (χ2v) is 5.12. The van der Waals surface area contributed by atoms with E-state index in [1.165, 1.54) is 12.1 Å². The molecule has 0 saturated carbocycles. The standard InChI is InChI=1S/C16H13ClFN3/c17-14-5-4-10(8-15(14)18)16(21-19)13-3-1-2-11-9-20-7-6-12(11)13/h1-9,16,21H,19H2. The highest BCUT2D eigenvalue weighted by Gasteiger charge is 2.16. The summed E-state index contributed by atoms with van der Waals surface area (Å²) in [5.74, 6) is 5.23. The molecule has 0 aliphatic carbocycles. The summed E-state index contributed by atoms with van der Waals surface area (Å²) in [5, 5.41) is 2.12. The molecule has 0 fully saturated rings. The van der Waals surface area contributed by atoms with E-state index >= 15 is 0 Å². The highest BCUT2D eigenvalue weighted by atomic mass is 35.5. The Bertz CT molecular complexity index is 786. The molecular weight excluding hydrogens is 289 g/mol. The molecule has 0 amide bonds. The van der Waals surface area contributed by atoms with Crippen LogP contribution in [-0.2, 0) is 0 Å². The van der Waals surface area contributed by atoms with Crippen molar-refractivity contribution in [2.75, 3.05) is 0 Å². The first kappa shape index (κ1) is 13.9. The molecule has 1 atom stereocenters. The van der Waals surface area contributed by atoms with Crippen molar-refractivity contribution >= 4 is 22.4 Å². The summed E-state index contributed by atoms with van der Waals surface area (Å²) in [5.41, 5.74) is 4.41. The van der Waals surface area contributed by atoms with Crippen LogP contribution < -0.4 is 11.3 Å². The van der Waals surface area contributed by atoms with Gasteiger partial charge in [-0.2, -0.15) is 0 Å². The van der Waals surface area contributed by atoms with Gasteiger partial charge in [0.1, 0.15) is 5.82 Å². The second-order valence-electron chi connectivity index (χ2n) is 4.72. The second kappa shape index (κ2) is 5.77. The maximum atomic E-state index is 13.7. The summed E-state index contributed by atoms with van der Waals surface area (Å²) < 4.78 is 13.7. The number of nitrogens with one attached hydrogen (secondary N) is 1. The molecule has 3 rings (SSSR count). The van der Waals surface area contributed by atoms with Crippen molar-refractivity contribution in [2.45, 2.75) is 6.04 Å². The normalized spacial score (nSPS) is 12.5. The van der Waals surface area contributed by atoms with Gasteiger partial charge >= 0.3 is 0 Å². The number of hydrogen-bond acceptors (Lipinski definition) is 3. The molecule has 106 valence electrons. The summed E-state index contributed by atoms with van der Waals surface area (Å²) in [7, 11) is 0. The Morgan fingerprint density at radius 3 is 2.81 bits per heavy atom. The smallest absolute Gasteiger partial charge is 0.142 e. The van der Waals surface area contributed by atoms with Crippen LogP contribution in [0.2, 0.25) is 5.02 Å². The van der Waals surface area contributed by atoms with E-state index < -0.39 is 5.82 Å². The number of nitrogens with two attached hydrogens (primary N) is 1. The van der Waals surface area contributed by atoms with E-state index in [1.807, 2.05) is 24.3 Å². The number of nitrogens with zero attached hydrogens (tertiary/aromatic N) is 1. The number of hydrazine groups is 1. The minimum Gasteiger partial charge on any atom is -0.271 e. The Labute approximate surface area is 126 Å². The van der Waals surface area contributed by atoms with Crippen molar-refractivity contribution in [3.63, 3.8) is 0 Å².